The number of hydrogen-bond donors (Lipinski definition) is 1. The van der Waals surface area contributed by atoms with Crippen LogP contribution >= 0.6 is 15.9 Å². The summed E-state index contributed by atoms with van der Waals surface area (Å²) in [6.45, 7) is 2.28. The zero-order valence-corrected chi connectivity index (χ0v) is 14.0. The Bertz CT molecular complexity index is 579. The van der Waals surface area contributed by atoms with Gasteiger partial charge in [0.05, 0.1) is 6.26 Å². The van der Waals surface area contributed by atoms with Crippen molar-refractivity contribution >= 4 is 15.9 Å². The maximum Gasteiger partial charge on any atom is 0.103 e. The van der Waals surface area contributed by atoms with Crippen molar-refractivity contribution in [3.8, 4) is 0 Å². The predicted octanol–water partition coefficient (Wildman–Crippen LogP) is 4.51. The molecule has 1 N–H and O–H groups in total. The molecule has 21 heavy (non-hydrogen) atoms. The highest BCUT2D eigenvalue weighted by atomic mass is 79.9. The highest BCUT2D eigenvalue weighted by molar-refractivity contribution is 9.10. The van der Waals surface area contributed by atoms with Crippen molar-refractivity contribution in [1.82, 2.24) is 5.32 Å². The first-order valence-corrected chi connectivity index (χ1v) is 8.56. The van der Waals surface area contributed by atoms with E-state index >= 15 is 0 Å². The number of halogens is 1. The molecule has 2 nitrogen and oxygen atoms in total. The fourth-order valence-electron chi connectivity index (χ4n) is 3.17. The van der Waals surface area contributed by atoms with Crippen molar-refractivity contribution in [3.63, 3.8) is 0 Å². The Morgan fingerprint density at radius 3 is 3.05 bits per heavy atom. The lowest BCUT2D eigenvalue weighted by Gasteiger charge is -2.28. The van der Waals surface area contributed by atoms with Crippen LogP contribution in [0.2, 0.25) is 0 Å². The number of furan rings is 1. The van der Waals surface area contributed by atoms with E-state index in [0.717, 1.165) is 25.0 Å². The summed E-state index contributed by atoms with van der Waals surface area (Å²) in [5.41, 5.74) is 3.01. The number of nitrogens with one attached hydrogen (secondary N) is 1. The fraction of sp³-hybridized carbons (Fsp3) is 0.444. The average molecular weight is 348 g/mol. The van der Waals surface area contributed by atoms with Gasteiger partial charge in [0.1, 0.15) is 5.76 Å². The van der Waals surface area contributed by atoms with E-state index < -0.39 is 0 Å². The van der Waals surface area contributed by atoms with Gasteiger partial charge in [0, 0.05) is 23.0 Å². The van der Waals surface area contributed by atoms with E-state index in [0.29, 0.717) is 12.1 Å². The normalized spacial score (nSPS) is 19.2. The smallest absolute Gasteiger partial charge is 0.103 e. The minimum absolute atomic E-state index is 0.525. The quantitative estimate of drug-likeness (QED) is 0.860. The number of fused-ring (bicyclic) bond motifs is 1. The van der Waals surface area contributed by atoms with E-state index in [1.54, 1.807) is 6.26 Å². The van der Waals surface area contributed by atoms with Gasteiger partial charge < -0.3 is 9.73 Å². The standard InChI is InChI=1S/C18H22BrNO/c1-13(4-9-18-3-2-10-21-18)20-17-8-6-14-11-16(19)7-5-15(14)12-17/h2-3,5,7,10-11,13,17,20H,4,6,8-9,12H2,1H3. The maximum absolute atomic E-state index is 5.40. The molecule has 3 rings (SSSR count). The predicted molar refractivity (Wildman–Crippen MR) is 89.6 cm³/mol. The third-order valence-corrected chi connectivity index (χ3v) is 4.81. The molecule has 0 spiro atoms. The summed E-state index contributed by atoms with van der Waals surface area (Å²) in [7, 11) is 0. The Labute approximate surface area is 135 Å². The van der Waals surface area contributed by atoms with Gasteiger partial charge in [0.15, 0.2) is 0 Å². The second kappa shape index (κ2) is 6.80. The van der Waals surface area contributed by atoms with Gasteiger partial charge in [-0.05, 0) is 68.0 Å². The molecule has 112 valence electrons. The molecule has 3 heteroatoms. The first-order chi connectivity index (χ1) is 10.2. The molecule has 1 aromatic heterocycles. The molecule has 2 atom stereocenters. The molecule has 2 aromatic rings. The molecule has 0 radical (unpaired) electrons. The fourth-order valence-corrected chi connectivity index (χ4v) is 3.57. The summed E-state index contributed by atoms with van der Waals surface area (Å²) in [5.74, 6) is 1.09. The number of benzene rings is 1. The first kappa shape index (κ1) is 14.9. The van der Waals surface area contributed by atoms with E-state index in [1.165, 1.54) is 28.4 Å². The van der Waals surface area contributed by atoms with Gasteiger partial charge in [-0.1, -0.05) is 22.0 Å². The molecule has 0 saturated heterocycles. The zero-order valence-electron chi connectivity index (χ0n) is 12.4. The molecule has 0 fully saturated rings. The third kappa shape index (κ3) is 3.98. The minimum atomic E-state index is 0.525. The molecule has 0 bridgehead atoms. The Balaban J connectivity index is 1.51. The van der Waals surface area contributed by atoms with Crippen LogP contribution in [0.5, 0.6) is 0 Å². The lowest BCUT2D eigenvalue weighted by molar-refractivity contribution is 0.384. The van der Waals surface area contributed by atoms with Gasteiger partial charge in [-0.15, -0.1) is 0 Å². The van der Waals surface area contributed by atoms with E-state index in [9.17, 15) is 0 Å². The van der Waals surface area contributed by atoms with Crippen LogP contribution in [0.4, 0.5) is 0 Å². The van der Waals surface area contributed by atoms with E-state index in [1.807, 2.05) is 6.07 Å². The Morgan fingerprint density at radius 2 is 2.24 bits per heavy atom. The van der Waals surface area contributed by atoms with Crippen molar-refractivity contribution in [2.24, 2.45) is 0 Å². The van der Waals surface area contributed by atoms with Crippen molar-refractivity contribution in [1.29, 1.82) is 0 Å². The molecule has 1 aliphatic carbocycles. The molecular weight excluding hydrogens is 326 g/mol. The van der Waals surface area contributed by atoms with Crippen molar-refractivity contribution in [3.05, 3.63) is 58.0 Å². The van der Waals surface area contributed by atoms with Crippen molar-refractivity contribution in [2.45, 2.75) is 51.1 Å². The van der Waals surface area contributed by atoms with Gasteiger partial charge >= 0.3 is 0 Å². The van der Waals surface area contributed by atoms with Crippen molar-refractivity contribution < 1.29 is 4.42 Å². The molecule has 2 unspecified atom stereocenters. The van der Waals surface area contributed by atoms with Gasteiger partial charge in [-0.25, -0.2) is 0 Å². The van der Waals surface area contributed by atoms with Crippen molar-refractivity contribution in [2.75, 3.05) is 0 Å². The van der Waals surface area contributed by atoms with E-state index in [-0.39, 0.29) is 0 Å². The molecule has 1 aliphatic rings. The van der Waals surface area contributed by atoms with E-state index in [2.05, 4.69) is 52.4 Å². The number of rotatable bonds is 5. The summed E-state index contributed by atoms with van der Waals surface area (Å²) < 4.78 is 6.59. The molecular formula is C18H22BrNO. The Hall–Kier alpha value is -1.06. The van der Waals surface area contributed by atoms with Crippen LogP contribution in [0.3, 0.4) is 0 Å². The van der Waals surface area contributed by atoms with Crippen LogP contribution < -0.4 is 5.32 Å². The Kier molecular flexibility index (Phi) is 4.81. The number of aryl methyl sites for hydroxylation is 2. The molecule has 1 heterocycles. The van der Waals surface area contributed by atoms with Crippen LogP contribution in [0.15, 0.2) is 45.5 Å². The van der Waals surface area contributed by atoms with Crippen LogP contribution in [0.25, 0.3) is 0 Å². The lowest BCUT2D eigenvalue weighted by Crippen LogP contribution is -2.40. The zero-order chi connectivity index (χ0) is 14.7. The maximum atomic E-state index is 5.40. The summed E-state index contributed by atoms with van der Waals surface area (Å²) in [4.78, 5) is 0. The van der Waals surface area contributed by atoms with Gasteiger partial charge in [-0.3, -0.25) is 0 Å². The third-order valence-electron chi connectivity index (χ3n) is 4.32. The van der Waals surface area contributed by atoms with Crippen LogP contribution in [0, 0.1) is 0 Å². The molecule has 0 aliphatic heterocycles. The lowest BCUT2D eigenvalue weighted by atomic mass is 9.88. The average Bonchev–Trinajstić information content (AvgIpc) is 2.99. The number of hydrogen-bond acceptors (Lipinski definition) is 2. The van der Waals surface area contributed by atoms with Crippen LogP contribution in [-0.2, 0) is 19.3 Å². The largest absolute Gasteiger partial charge is 0.469 e. The summed E-state index contributed by atoms with van der Waals surface area (Å²) >= 11 is 3.56. The summed E-state index contributed by atoms with van der Waals surface area (Å²) in [6.07, 6.45) is 7.44. The highest BCUT2D eigenvalue weighted by Gasteiger charge is 2.20. The molecule has 0 saturated carbocycles. The minimum Gasteiger partial charge on any atom is -0.469 e. The SMILES string of the molecule is CC(CCc1ccco1)NC1CCc2cc(Br)ccc2C1. The summed E-state index contributed by atoms with van der Waals surface area (Å²) in [6, 6.07) is 11.8. The Morgan fingerprint density at radius 1 is 1.33 bits per heavy atom. The second-order valence-corrected chi connectivity index (χ2v) is 6.95. The van der Waals surface area contributed by atoms with Crippen LogP contribution in [-0.4, -0.2) is 12.1 Å². The van der Waals surface area contributed by atoms with Gasteiger partial charge in [-0.2, -0.15) is 0 Å². The summed E-state index contributed by atoms with van der Waals surface area (Å²) in [5, 5.41) is 3.78. The first-order valence-electron chi connectivity index (χ1n) is 7.76. The molecule has 0 amide bonds. The molecule has 1 aromatic carbocycles. The second-order valence-electron chi connectivity index (χ2n) is 6.04. The highest BCUT2D eigenvalue weighted by Crippen LogP contribution is 2.25. The topological polar surface area (TPSA) is 25.2 Å². The van der Waals surface area contributed by atoms with Gasteiger partial charge in [0.25, 0.3) is 0 Å². The van der Waals surface area contributed by atoms with E-state index in [4.69, 9.17) is 4.42 Å². The van der Waals surface area contributed by atoms with Crippen LogP contribution in [0.1, 0.15) is 36.7 Å². The monoisotopic (exact) mass is 347 g/mol. The van der Waals surface area contributed by atoms with Gasteiger partial charge in [0.2, 0.25) is 0 Å².